The minimum Gasteiger partial charge on any atom is -0.384 e. The lowest BCUT2D eigenvalue weighted by atomic mass is 10.1. The van der Waals surface area contributed by atoms with E-state index in [0.717, 1.165) is 35.5 Å². The molecule has 1 aromatic carbocycles. The largest absolute Gasteiger partial charge is 0.384 e. The Hall–Kier alpha value is -2.36. The minimum absolute atomic E-state index is 0.102. The second kappa shape index (κ2) is 6.19. The molecule has 4 heteroatoms. The standard InChI is InChI=1S/C16H20N4/c1-12-6-7-14(16(17)18)15(11-12)20(2)10-8-13-5-3-4-9-19-13/h3-7,9,11H,8,10H2,1-2H3,(H3,17,18). The number of aryl methyl sites for hydroxylation is 1. The molecule has 0 amide bonds. The number of rotatable bonds is 5. The first kappa shape index (κ1) is 14.1. The average molecular weight is 268 g/mol. The number of nitrogens with two attached hydrogens (primary N) is 1. The monoisotopic (exact) mass is 268 g/mol. The molecule has 0 saturated heterocycles. The Kier molecular flexibility index (Phi) is 4.35. The smallest absolute Gasteiger partial charge is 0.124 e. The summed E-state index contributed by atoms with van der Waals surface area (Å²) in [6, 6.07) is 11.9. The van der Waals surface area contributed by atoms with Gasteiger partial charge in [-0.3, -0.25) is 10.4 Å². The van der Waals surface area contributed by atoms with E-state index < -0.39 is 0 Å². The number of likely N-dealkylation sites (N-methyl/N-ethyl adjacent to an activating group) is 1. The molecular weight excluding hydrogens is 248 g/mol. The maximum atomic E-state index is 7.68. The molecule has 1 aromatic heterocycles. The van der Waals surface area contributed by atoms with E-state index in [1.807, 2.05) is 50.5 Å². The number of benzene rings is 1. The topological polar surface area (TPSA) is 66.0 Å². The van der Waals surface area contributed by atoms with E-state index in [0.29, 0.717) is 0 Å². The Labute approximate surface area is 119 Å². The van der Waals surface area contributed by atoms with Crippen molar-refractivity contribution < 1.29 is 0 Å². The number of nitrogens with one attached hydrogen (secondary N) is 1. The van der Waals surface area contributed by atoms with Gasteiger partial charge in [-0.15, -0.1) is 0 Å². The molecule has 0 bridgehead atoms. The zero-order valence-electron chi connectivity index (χ0n) is 11.9. The number of hydrogen-bond donors (Lipinski definition) is 2. The van der Waals surface area contributed by atoms with Crippen LogP contribution < -0.4 is 10.6 Å². The van der Waals surface area contributed by atoms with Gasteiger partial charge >= 0.3 is 0 Å². The molecule has 2 aromatic rings. The van der Waals surface area contributed by atoms with Crippen LogP contribution in [-0.2, 0) is 6.42 Å². The number of pyridine rings is 1. The molecule has 0 spiro atoms. The van der Waals surface area contributed by atoms with Crippen LogP contribution in [0.2, 0.25) is 0 Å². The summed E-state index contributed by atoms with van der Waals surface area (Å²) in [4.78, 5) is 6.45. The van der Waals surface area contributed by atoms with Gasteiger partial charge in [0.05, 0.1) is 0 Å². The van der Waals surface area contributed by atoms with Crippen LogP contribution in [0.25, 0.3) is 0 Å². The molecular formula is C16H20N4. The summed E-state index contributed by atoms with van der Waals surface area (Å²) in [5, 5.41) is 7.68. The van der Waals surface area contributed by atoms with Gasteiger partial charge in [-0.25, -0.2) is 0 Å². The SMILES string of the molecule is Cc1ccc(C(=N)N)c(N(C)CCc2ccccn2)c1. The number of nitrogens with zero attached hydrogens (tertiary/aromatic N) is 2. The third kappa shape index (κ3) is 3.35. The van der Waals surface area contributed by atoms with Crippen LogP contribution in [0.4, 0.5) is 5.69 Å². The summed E-state index contributed by atoms with van der Waals surface area (Å²) < 4.78 is 0. The highest BCUT2D eigenvalue weighted by molar-refractivity contribution is 6.00. The summed E-state index contributed by atoms with van der Waals surface area (Å²) in [5.41, 5.74) is 9.65. The van der Waals surface area contributed by atoms with Crippen molar-refractivity contribution in [3.63, 3.8) is 0 Å². The third-order valence-electron chi connectivity index (χ3n) is 3.28. The van der Waals surface area contributed by atoms with Crippen LogP contribution in [0, 0.1) is 12.3 Å². The number of anilines is 1. The maximum absolute atomic E-state index is 7.68. The fourth-order valence-electron chi connectivity index (χ4n) is 2.13. The minimum atomic E-state index is 0.102. The van der Waals surface area contributed by atoms with Gasteiger partial charge in [0.1, 0.15) is 5.84 Å². The van der Waals surface area contributed by atoms with Crippen molar-refractivity contribution in [2.45, 2.75) is 13.3 Å². The first-order valence-electron chi connectivity index (χ1n) is 6.64. The molecule has 1 heterocycles. The molecule has 0 aliphatic carbocycles. The highest BCUT2D eigenvalue weighted by atomic mass is 15.1. The van der Waals surface area contributed by atoms with E-state index in [1.165, 1.54) is 0 Å². The third-order valence-corrected chi connectivity index (χ3v) is 3.28. The normalized spacial score (nSPS) is 10.3. The molecule has 0 radical (unpaired) electrons. The van der Waals surface area contributed by atoms with Crippen LogP contribution in [0.15, 0.2) is 42.6 Å². The van der Waals surface area contributed by atoms with Crippen molar-refractivity contribution >= 4 is 11.5 Å². The summed E-state index contributed by atoms with van der Waals surface area (Å²) in [6.45, 7) is 2.88. The van der Waals surface area contributed by atoms with Crippen LogP contribution in [0.1, 0.15) is 16.8 Å². The molecule has 0 atom stereocenters. The second-order valence-corrected chi connectivity index (χ2v) is 4.93. The highest BCUT2D eigenvalue weighted by Gasteiger charge is 2.10. The Morgan fingerprint density at radius 1 is 1.30 bits per heavy atom. The Bertz CT molecular complexity index is 593. The van der Waals surface area contributed by atoms with Gasteiger partial charge in [0.15, 0.2) is 0 Å². The summed E-state index contributed by atoms with van der Waals surface area (Å²) in [7, 11) is 2.02. The lowest BCUT2D eigenvalue weighted by Gasteiger charge is -2.22. The predicted molar refractivity (Wildman–Crippen MR) is 83.4 cm³/mol. The van der Waals surface area contributed by atoms with Crippen molar-refractivity contribution in [3.05, 3.63) is 59.4 Å². The van der Waals surface area contributed by atoms with Gasteiger partial charge in [0.2, 0.25) is 0 Å². The molecule has 0 unspecified atom stereocenters. The lowest BCUT2D eigenvalue weighted by Crippen LogP contribution is -2.24. The zero-order valence-corrected chi connectivity index (χ0v) is 11.9. The van der Waals surface area contributed by atoms with E-state index in [1.54, 1.807) is 0 Å². The van der Waals surface area contributed by atoms with Crippen molar-refractivity contribution in [2.24, 2.45) is 5.73 Å². The molecule has 2 rings (SSSR count). The van der Waals surface area contributed by atoms with E-state index >= 15 is 0 Å². The summed E-state index contributed by atoms with van der Waals surface area (Å²) in [5.74, 6) is 0.102. The quantitative estimate of drug-likeness (QED) is 0.646. The Morgan fingerprint density at radius 3 is 2.75 bits per heavy atom. The predicted octanol–water partition coefficient (Wildman–Crippen LogP) is 2.35. The van der Waals surface area contributed by atoms with Crippen LogP contribution in [0.3, 0.4) is 0 Å². The van der Waals surface area contributed by atoms with E-state index in [4.69, 9.17) is 11.1 Å². The zero-order chi connectivity index (χ0) is 14.5. The van der Waals surface area contributed by atoms with Crippen molar-refractivity contribution in [3.8, 4) is 0 Å². The van der Waals surface area contributed by atoms with Gasteiger partial charge < -0.3 is 10.6 Å². The second-order valence-electron chi connectivity index (χ2n) is 4.93. The molecule has 0 aliphatic rings. The molecule has 0 saturated carbocycles. The summed E-state index contributed by atoms with van der Waals surface area (Å²) in [6.07, 6.45) is 2.67. The Balaban J connectivity index is 2.14. The van der Waals surface area contributed by atoms with E-state index in [9.17, 15) is 0 Å². The molecule has 0 fully saturated rings. The fraction of sp³-hybridized carbons (Fsp3) is 0.250. The fourth-order valence-corrected chi connectivity index (χ4v) is 2.13. The van der Waals surface area contributed by atoms with Crippen LogP contribution in [-0.4, -0.2) is 24.4 Å². The van der Waals surface area contributed by atoms with Gasteiger partial charge in [-0.1, -0.05) is 12.1 Å². The van der Waals surface area contributed by atoms with Gasteiger partial charge in [-0.2, -0.15) is 0 Å². The molecule has 104 valence electrons. The highest BCUT2D eigenvalue weighted by Crippen LogP contribution is 2.21. The van der Waals surface area contributed by atoms with Crippen molar-refractivity contribution in [2.75, 3.05) is 18.5 Å². The number of nitrogen functional groups attached to an aromatic ring is 1. The van der Waals surface area contributed by atoms with Gasteiger partial charge in [0, 0.05) is 43.2 Å². The first-order chi connectivity index (χ1) is 9.58. The number of aromatic nitrogens is 1. The average Bonchev–Trinajstić information content (AvgIpc) is 2.45. The van der Waals surface area contributed by atoms with Crippen LogP contribution >= 0.6 is 0 Å². The van der Waals surface area contributed by atoms with Crippen LogP contribution in [0.5, 0.6) is 0 Å². The number of hydrogen-bond acceptors (Lipinski definition) is 3. The van der Waals surface area contributed by atoms with E-state index in [2.05, 4.69) is 16.0 Å². The molecule has 4 nitrogen and oxygen atoms in total. The molecule has 3 N–H and O–H groups in total. The van der Waals surface area contributed by atoms with Crippen molar-refractivity contribution in [1.82, 2.24) is 4.98 Å². The maximum Gasteiger partial charge on any atom is 0.124 e. The first-order valence-corrected chi connectivity index (χ1v) is 6.64. The number of amidine groups is 1. The molecule has 0 aliphatic heterocycles. The van der Waals surface area contributed by atoms with Gasteiger partial charge in [-0.05, 0) is 36.8 Å². The van der Waals surface area contributed by atoms with E-state index in [-0.39, 0.29) is 5.84 Å². The Morgan fingerprint density at radius 2 is 2.10 bits per heavy atom. The molecule has 20 heavy (non-hydrogen) atoms. The summed E-state index contributed by atoms with van der Waals surface area (Å²) >= 11 is 0. The van der Waals surface area contributed by atoms with Crippen molar-refractivity contribution in [1.29, 1.82) is 5.41 Å². The lowest BCUT2D eigenvalue weighted by molar-refractivity contribution is 0.851. The van der Waals surface area contributed by atoms with Gasteiger partial charge in [0.25, 0.3) is 0 Å².